The Balaban J connectivity index is 1.83. The van der Waals surface area contributed by atoms with Gasteiger partial charge >= 0.3 is 0 Å². The summed E-state index contributed by atoms with van der Waals surface area (Å²) in [7, 11) is 0. The van der Waals surface area contributed by atoms with Gasteiger partial charge in [-0.3, -0.25) is 4.79 Å². The Morgan fingerprint density at radius 1 is 1.39 bits per heavy atom. The highest BCUT2D eigenvalue weighted by molar-refractivity contribution is 5.78. The van der Waals surface area contributed by atoms with Crippen LogP contribution in [0.2, 0.25) is 0 Å². The molecular formula is C15H21NO2. The average molecular weight is 247 g/mol. The predicted octanol–water partition coefficient (Wildman–Crippen LogP) is 2.35. The van der Waals surface area contributed by atoms with Crippen LogP contribution < -0.4 is 0 Å². The molecule has 1 aliphatic rings. The molecular weight excluding hydrogens is 226 g/mol. The van der Waals surface area contributed by atoms with Gasteiger partial charge in [0.15, 0.2) is 0 Å². The first-order chi connectivity index (χ1) is 8.58. The number of rotatable bonds is 5. The summed E-state index contributed by atoms with van der Waals surface area (Å²) in [4.78, 5) is 13.3. The summed E-state index contributed by atoms with van der Waals surface area (Å²) in [5, 5.41) is 10.1. The molecule has 1 heterocycles. The van der Waals surface area contributed by atoms with E-state index in [9.17, 15) is 9.90 Å². The van der Waals surface area contributed by atoms with Gasteiger partial charge in [-0.2, -0.15) is 0 Å². The molecule has 1 aromatic rings. The zero-order chi connectivity index (χ0) is 13.1. The highest BCUT2D eigenvalue weighted by Crippen LogP contribution is 2.23. The summed E-state index contributed by atoms with van der Waals surface area (Å²) in [6.45, 7) is 5.90. The van der Waals surface area contributed by atoms with Crippen LogP contribution in [0.4, 0.5) is 0 Å². The fourth-order valence-corrected chi connectivity index (χ4v) is 2.26. The van der Waals surface area contributed by atoms with E-state index in [0.717, 1.165) is 30.6 Å². The summed E-state index contributed by atoms with van der Waals surface area (Å²) in [6, 6.07) is 6.09. The molecule has 3 nitrogen and oxygen atoms in total. The Hall–Kier alpha value is -1.35. The molecule has 18 heavy (non-hydrogen) atoms. The van der Waals surface area contributed by atoms with Crippen LogP contribution in [-0.2, 0) is 4.79 Å². The van der Waals surface area contributed by atoms with Crippen LogP contribution >= 0.6 is 0 Å². The summed E-state index contributed by atoms with van der Waals surface area (Å²) >= 11 is 0. The maximum Gasteiger partial charge on any atom is 0.222 e. The molecule has 1 aromatic carbocycles. The number of aryl methyl sites for hydroxylation is 2. The summed E-state index contributed by atoms with van der Waals surface area (Å²) in [5.74, 6) is 0.225. The van der Waals surface area contributed by atoms with Crippen LogP contribution in [0.1, 0.15) is 42.1 Å². The van der Waals surface area contributed by atoms with Crippen molar-refractivity contribution < 1.29 is 9.90 Å². The normalized spacial score (nSPS) is 15.6. The molecule has 0 saturated carbocycles. The van der Waals surface area contributed by atoms with E-state index in [1.165, 1.54) is 5.56 Å². The molecule has 0 radical (unpaired) electrons. The number of amides is 1. The zero-order valence-electron chi connectivity index (χ0n) is 11.1. The Kier molecular flexibility index (Phi) is 4.02. The SMILES string of the molecule is Cc1ccc(C(O)CCCC(=O)N2CC2)c(C)c1. The number of aliphatic hydroxyl groups excluding tert-OH is 1. The quantitative estimate of drug-likeness (QED) is 0.811. The Labute approximate surface area is 108 Å². The smallest absolute Gasteiger partial charge is 0.222 e. The van der Waals surface area contributed by atoms with Crippen molar-refractivity contribution in [2.45, 2.75) is 39.2 Å². The van der Waals surface area contributed by atoms with Crippen LogP contribution in [0, 0.1) is 13.8 Å². The van der Waals surface area contributed by atoms with Gasteiger partial charge in [-0.05, 0) is 37.8 Å². The molecule has 0 bridgehead atoms. The number of nitrogens with zero attached hydrogens (tertiary/aromatic N) is 1. The summed E-state index contributed by atoms with van der Waals surface area (Å²) in [6.07, 6.45) is 1.52. The Morgan fingerprint density at radius 3 is 2.72 bits per heavy atom. The van der Waals surface area contributed by atoms with Gasteiger partial charge in [0.2, 0.25) is 5.91 Å². The minimum atomic E-state index is -0.451. The van der Waals surface area contributed by atoms with E-state index in [1.807, 2.05) is 30.9 Å². The van der Waals surface area contributed by atoms with Crippen LogP contribution in [0.3, 0.4) is 0 Å². The lowest BCUT2D eigenvalue weighted by atomic mass is 9.97. The van der Waals surface area contributed by atoms with Crippen molar-refractivity contribution in [3.8, 4) is 0 Å². The fourth-order valence-electron chi connectivity index (χ4n) is 2.26. The van der Waals surface area contributed by atoms with Gasteiger partial charge in [0, 0.05) is 19.5 Å². The molecule has 3 heteroatoms. The number of benzene rings is 1. The van der Waals surface area contributed by atoms with E-state index in [1.54, 1.807) is 0 Å². The van der Waals surface area contributed by atoms with Gasteiger partial charge in [-0.1, -0.05) is 23.8 Å². The number of hydrogen-bond donors (Lipinski definition) is 1. The first kappa shape index (κ1) is 13.1. The van der Waals surface area contributed by atoms with Crippen molar-refractivity contribution in [2.24, 2.45) is 0 Å². The van der Waals surface area contributed by atoms with Crippen LogP contribution in [0.15, 0.2) is 18.2 Å². The molecule has 1 saturated heterocycles. The first-order valence-corrected chi connectivity index (χ1v) is 6.61. The molecule has 1 atom stereocenters. The van der Waals surface area contributed by atoms with Crippen molar-refractivity contribution >= 4 is 5.91 Å². The van der Waals surface area contributed by atoms with Crippen molar-refractivity contribution in [3.05, 3.63) is 34.9 Å². The molecule has 0 aromatic heterocycles. The number of hydrogen-bond acceptors (Lipinski definition) is 2. The van der Waals surface area contributed by atoms with Gasteiger partial charge in [0.25, 0.3) is 0 Å². The second-order valence-electron chi connectivity index (χ2n) is 5.15. The zero-order valence-corrected chi connectivity index (χ0v) is 11.1. The van der Waals surface area contributed by atoms with Crippen LogP contribution in [-0.4, -0.2) is 29.0 Å². The lowest BCUT2D eigenvalue weighted by Crippen LogP contribution is -2.10. The molecule has 1 aliphatic heterocycles. The molecule has 1 amide bonds. The molecule has 1 unspecified atom stereocenters. The maximum absolute atomic E-state index is 11.5. The van der Waals surface area contributed by atoms with Crippen molar-refractivity contribution in [2.75, 3.05) is 13.1 Å². The topological polar surface area (TPSA) is 40.3 Å². The van der Waals surface area contributed by atoms with Gasteiger partial charge in [-0.25, -0.2) is 0 Å². The number of aliphatic hydroxyl groups is 1. The minimum absolute atomic E-state index is 0.225. The van der Waals surface area contributed by atoms with E-state index >= 15 is 0 Å². The van der Waals surface area contributed by atoms with E-state index in [4.69, 9.17) is 0 Å². The fraction of sp³-hybridized carbons (Fsp3) is 0.533. The third kappa shape index (κ3) is 3.33. The molecule has 0 aliphatic carbocycles. The van der Waals surface area contributed by atoms with Crippen molar-refractivity contribution in [1.29, 1.82) is 0 Å². The number of carbonyl (C=O) groups excluding carboxylic acids is 1. The molecule has 98 valence electrons. The van der Waals surface area contributed by atoms with E-state index in [-0.39, 0.29) is 5.91 Å². The highest BCUT2D eigenvalue weighted by atomic mass is 16.3. The molecule has 2 rings (SSSR count). The van der Waals surface area contributed by atoms with E-state index in [2.05, 4.69) is 6.07 Å². The lowest BCUT2D eigenvalue weighted by molar-refractivity contribution is -0.125. The summed E-state index contributed by atoms with van der Waals surface area (Å²) in [5.41, 5.74) is 3.32. The van der Waals surface area contributed by atoms with Crippen molar-refractivity contribution in [1.82, 2.24) is 4.90 Å². The van der Waals surface area contributed by atoms with Gasteiger partial charge < -0.3 is 10.0 Å². The maximum atomic E-state index is 11.5. The lowest BCUT2D eigenvalue weighted by Gasteiger charge is -2.14. The van der Waals surface area contributed by atoms with E-state index in [0.29, 0.717) is 12.8 Å². The largest absolute Gasteiger partial charge is 0.388 e. The molecule has 0 spiro atoms. The first-order valence-electron chi connectivity index (χ1n) is 6.61. The van der Waals surface area contributed by atoms with Crippen LogP contribution in [0.5, 0.6) is 0 Å². The van der Waals surface area contributed by atoms with E-state index < -0.39 is 6.10 Å². The minimum Gasteiger partial charge on any atom is -0.388 e. The van der Waals surface area contributed by atoms with Crippen molar-refractivity contribution in [3.63, 3.8) is 0 Å². The average Bonchev–Trinajstić information content (AvgIpc) is 3.12. The third-order valence-electron chi connectivity index (χ3n) is 3.45. The van der Waals surface area contributed by atoms with Gasteiger partial charge in [-0.15, -0.1) is 0 Å². The Morgan fingerprint density at radius 2 is 2.11 bits per heavy atom. The second kappa shape index (κ2) is 5.53. The van der Waals surface area contributed by atoms with Gasteiger partial charge in [0.1, 0.15) is 0 Å². The standard InChI is InChI=1S/C15H21NO2/c1-11-6-7-13(12(2)10-11)14(17)4-3-5-15(18)16-8-9-16/h6-7,10,14,17H,3-5,8-9H2,1-2H3. The van der Waals surface area contributed by atoms with Crippen LogP contribution in [0.25, 0.3) is 0 Å². The molecule has 1 N–H and O–H groups in total. The number of carbonyl (C=O) groups is 1. The summed E-state index contributed by atoms with van der Waals surface area (Å²) < 4.78 is 0. The van der Waals surface area contributed by atoms with Gasteiger partial charge in [0.05, 0.1) is 6.10 Å². The predicted molar refractivity (Wildman–Crippen MR) is 71.3 cm³/mol. The second-order valence-corrected chi connectivity index (χ2v) is 5.15. The monoisotopic (exact) mass is 247 g/mol. The third-order valence-corrected chi connectivity index (χ3v) is 3.45. The highest BCUT2D eigenvalue weighted by Gasteiger charge is 2.23. The molecule has 1 fully saturated rings. The Bertz CT molecular complexity index is 438.